The summed E-state index contributed by atoms with van der Waals surface area (Å²) in [6, 6.07) is 9.40. The second-order valence-electron chi connectivity index (χ2n) is 4.66. The van der Waals surface area contributed by atoms with Crippen LogP contribution in [0.1, 0.15) is 0 Å². The van der Waals surface area contributed by atoms with Crippen molar-refractivity contribution in [2.75, 3.05) is 36.9 Å². The molecule has 6 heteroatoms. The molecule has 1 aliphatic rings. The minimum Gasteiger partial charge on any atom is -0.378 e. The van der Waals surface area contributed by atoms with Crippen LogP contribution in [0.25, 0.3) is 11.3 Å². The lowest BCUT2D eigenvalue weighted by Crippen LogP contribution is -2.36. The fraction of sp³-hybridized carbons (Fsp3) is 0.286. The van der Waals surface area contributed by atoms with Crippen LogP contribution in [0, 0.1) is 0 Å². The molecule has 6 nitrogen and oxygen atoms in total. The molecule has 0 unspecified atom stereocenters. The van der Waals surface area contributed by atoms with Crippen LogP contribution in [-0.2, 0) is 4.74 Å². The molecule has 1 fully saturated rings. The molecule has 1 aliphatic heterocycles. The molecule has 1 saturated heterocycles. The molecule has 0 radical (unpaired) electrons. The van der Waals surface area contributed by atoms with Crippen molar-refractivity contribution in [1.29, 1.82) is 0 Å². The second-order valence-corrected chi connectivity index (χ2v) is 4.66. The molecule has 1 aromatic heterocycles. The van der Waals surface area contributed by atoms with E-state index >= 15 is 0 Å². The van der Waals surface area contributed by atoms with Crippen LogP contribution in [0.5, 0.6) is 0 Å². The van der Waals surface area contributed by atoms with E-state index in [-0.39, 0.29) is 11.5 Å². The summed E-state index contributed by atoms with van der Waals surface area (Å²) < 4.78 is 5.34. The first-order chi connectivity index (χ1) is 9.72. The van der Waals surface area contributed by atoms with Gasteiger partial charge >= 0.3 is 0 Å². The standard InChI is InChI=1S/C14H16N4O2/c15-14-16-12(9-13(19)17-14)10-1-3-11(4-2-10)18-5-7-20-8-6-18/h1-4,9H,5-8H2,(H3,15,16,17,19). The number of nitrogens with two attached hydrogens (primary N) is 1. The predicted molar refractivity (Wildman–Crippen MR) is 77.7 cm³/mol. The number of nitrogens with one attached hydrogen (secondary N) is 1. The molecular weight excluding hydrogens is 256 g/mol. The van der Waals surface area contributed by atoms with Crippen molar-refractivity contribution < 1.29 is 4.74 Å². The van der Waals surface area contributed by atoms with E-state index in [9.17, 15) is 4.79 Å². The van der Waals surface area contributed by atoms with Crippen molar-refractivity contribution in [1.82, 2.24) is 9.97 Å². The Labute approximate surface area is 116 Å². The Kier molecular flexibility index (Phi) is 3.39. The number of rotatable bonds is 2. The number of aromatic nitrogens is 2. The highest BCUT2D eigenvalue weighted by Gasteiger charge is 2.11. The van der Waals surface area contributed by atoms with Crippen LogP contribution in [-0.4, -0.2) is 36.3 Å². The van der Waals surface area contributed by atoms with Gasteiger partial charge in [0.25, 0.3) is 5.56 Å². The third-order valence-electron chi connectivity index (χ3n) is 3.30. The summed E-state index contributed by atoms with van der Waals surface area (Å²) in [5.74, 6) is 0.129. The minimum atomic E-state index is -0.246. The van der Waals surface area contributed by atoms with Gasteiger partial charge in [-0.3, -0.25) is 9.78 Å². The highest BCUT2D eigenvalue weighted by Crippen LogP contribution is 2.21. The number of ether oxygens (including phenoxy) is 1. The Morgan fingerprint density at radius 3 is 2.55 bits per heavy atom. The molecule has 0 atom stereocenters. The lowest BCUT2D eigenvalue weighted by molar-refractivity contribution is 0.122. The van der Waals surface area contributed by atoms with Crippen molar-refractivity contribution in [2.45, 2.75) is 0 Å². The Bertz CT molecular complexity index is 645. The first-order valence-corrected chi connectivity index (χ1v) is 6.52. The molecule has 0 aliphatic carbocycles. The maximum atomic E-state index is 11.4. The monoisotopic (exact) mass is 272 g/mol. The summed E-state index contributed by atoms with van der Waals surface area (Å²) in [6.45, 7) is 3.31. The molecular formula is C14H16N4O2. The zero-order valence-corrected chi connectivity index (χ0v) is 11.0. The Morgan fingerprint density at radius 2 is 1.90 bits per heavy atom. The summed E-state index contributed by atoms with van der Waals surface area (Å²) in [7, 11) is 0. The maximum Gasteiger partial charge on any atom is 0.252 e. The number of benzene rings is 1. The van der Waals surface area contributed by atoms with E-state index in [0.717, 1.165) is 37.6 Å². The van der Waals surface area contributed by atoms with Gasteiger partial charge in [-0.1, -0.05) is 12.1 Å². The highest BCUT2D eigenvalue weighted by molar-refractivity contribution is 5.63. The van der Waals surface area contributed by atoms with Gasteiger partial charge in [-0.05, 0) is 12.1 Å². The fourth-order valence-electron chi connectivity index (χ4n) is 2.29. The normalized spacial score (nSPS) is 15.3. The number of nitrogen functional groups attached to an aromatic ring is 1. The molecule has 0 amide bonds. The minimum absolute atomic E-state index is 0.129. The van der Waals surface area contributed by atoms with Crippen LogP contribution < -0.4 is 16.2 Å². The zero-order chi connectivity index (χ0) is 13.9. The lowest BCUT2D eigenvalue weighted by atomic mass is 10.1. The van der Waals surface area contributed by atoms with Crippen molar-refractivity contribution in [3.8, 4) is 11.3 Å². The molecule has 0 bridgehead atoms. The molecule has 104 valence electrons. The van der Waals surface area contributed by atoms with Gasteiger partial charge in [0.1, 0.15) is 0 Å². The molecule has 2 aromatic rings. The molecule has 2 heterocycles. The SMILES string of the molecule is Nc1nc(-c2ccc(N3CCOCC3)cc2)cc(=O)[nH]1. The van der Waals surface area contributed by atoms with Gasteiger partial charge in [-0.25, -0.2) is 4.98 Å². The molecule has 3 rings (SSSR count). The molecule has 0 spiro atoms. The number of H-pyrrole nitrogens is 1. The number of aromatic amines is 1. The third-order valence-corrected chi connectivity index (χ3v) is 3.30. The number of morpholine rings is 1. The number of hydrogen-bond acceptors (Lipinski definition) is 5. The lowest BCUT2D eigenvalue weighted by Gasteiger charge is -2.28. The van der Waals surface area contributed by atoms with Gasteiger partial charge in [0.05, 0.1) is 18.9 Å². The quantitative estimate of drug-likeness (QED) is 0.847. The molecule has 20 heavy (non-hydrogen) atoms. The average Bonchev–Trinajstić information content (AvgIpc) is 2.47. The summed E-state index contributed by atoms with van der Waals surface area (Å²) in [5.41, 5.74) is 7.92. The number of anilines is 2. The van der Waals surface area contributed by atoms with Crippen LogP contribution in [0.3, 0.4) is 0 Å². The van der Waals surface area contributed by atoms with Gasteiger partial charge in [0, 0.05) is 30.4 Å². The Balaban J connectivity index is 1.86. The first-order valence-electron chi connectivity index (χ1n) is 6.52. The Morgan fingerprint density at radius 1 is 1.20 bits per heavy atom. The largest absolute Gasteiger partial charge is 0.378 e. The molecule has 0 saturated carbocycles. The topological polar surface area (TPSA) is 84.2 Å². The van der Waals surface area contributed by atoms with E-state index in [0.29, 0.717) is 5.69 Å². The predicted octanol–water partition coefficient (Wildman–Crippen LogP) is 0.856. The second kappa shape index (κ2) is 5.34. The van der Waals surface area contributed by atoms with Crippen LogP contribution in [0.15, 0.2) is 35.1 Å². The van der Waals surface area contributed by atoms with Crippen LogP contribution in [0.4, 0.5) is 11.6 Å². The van der Waals surface area contributed by atoms with Gasteiger partial charge in [0.2, 0.25) is 5.95 Å². The molecule has 1 aromatic carbocycles. The third kappa shape index (κ3) is 2.65. The summed E-state index contributed by atoms with van der Waals surface area (Å²) in [4.78, 5) is 20.2. The van der Waals surface area contributed by atoms with E-state index in [2.05, 4.69) is 14.9 Å². The average molecular weight is 272 g/mol. The number of hydrogen-bond donors (Lipinski definition) is 2. The van der Waals surface area contributed by atoms with Crippen LogP contribution in [0.2, 0.25) is 0 Å². The van der Waals surface area contributed by atoms with Gasteiger partial charge < -0.3 is 15.4 Å². The van der Waals surface area contributed by atoms with Crippen molar-refractivity contribution >= 4 is 11.6 Å². The molecule has 3 N–H and O–H groups in total. The maximum absolute atomic E-state index is 11.4. The summed E-state index contributed by atoms with van der Waals surface area (Å²) in [6.07, 6.45) is 0. The smallest absolute Gasteiger partial charge is 0.252 e. The zero-order valence-electron chi connectivity index (χ0n) is 11.0. The first kappa shape index (κ1) is 12.7. The van der Waals surface area contributed by atoms with E-state index in [1.165, 1.54) is 6.07 Å². The van der Waals surface area contributed by atoms with Gasteiger partial charge in [-0.15, -0.1) is 0 Å². The van der Waals surface area contributed by atoms with Crippen molar-refractivity contribution in [3.63, 3.8) is 0 Å². The van der Waals surface area contributed by atoms with Crippen LogP contribution >= 0.6 is 0 Å². The van der Waals surface area contributed by atoms with Gasteiger partial charge in [0.15, 0.2) is 0 Å². The van der Waals surface area contributed by atoms with E-state index in [1.807, 2.05) is 24.3 Å². The highest BCUT2D eigenvalue weighted by atomic mass is 16.5. The van der Waals surface area contributed by atoms with E-state index < -0.39 is 0 Å². The van der Waals surface area contributed by atoms with E-state index in [4.69, 9.17) is 10.5 Å². The van der Waals surface area contributed by atoms with Gasteiger partial charge in [-0.2, -0.15) is 0 Å². The summed E-state index contributed by atoms with van der Waals surface area (Å²) >= 11 is 0. The van der Waals surface area contributed by atoms with Crippen molar-refractivity contribution in [3.05, 3.63) is 40.7 Å². The fourth-order valence-corrected chi connectivity index (χ4v) is 2.29. The van der Waals surface area contributed by atoms with Crippen molar-refractivity contribution in [2.24, 2.45) is 0 Å². The summed E-state index contributed by atoms with van der Waals surface area (Å²) in [5, 5.41) is 0. The Hall–Kier alpha value is -2.34. The van der Waals surface area contributed by atoms with E-state index in [1.54, 1.807) is 0 Å². The number of nitrogens with zero attached hydrogens (tertiary/aromatic N) is 2.